The van der Waals surface area contributed by atoms with E-state index in [-0.39, 0.29) is 18.7 Å². The van der Waals surface area contributed by atoms with E-state index in [1.165, 1.54) is 44.9 Å². The van der Waals surface area contributed by atoms with E-state index in [4.69, 9.17) is 14.2 Å². The second kappa shape index (κ2) is 11.5. The fourth-order valence-electron chi connectivity index (χ4n) is 5.09. The summed E-state index contributed by atoms with van der Waals surface area (Å²) in [5.41, 5.74) is 0.377. The summed E-state index contributed by atoms with van der Waals surface area (Å²) >= 11 is 0. The molecule has 0 aromatic carbocycles. The SMILES string of the molecule is CCCCC1CCC(C2CCC(OCC3=C(F)C(F)=C(OCC)CC3)OC2)CC1. The predicted molar refractivity (Wildman–Crippen MR) is 111 cm³/mol. The van der Waals surface area contributed by atoms with Gasteiger partial charge in [-0.25, -0.2) is 8.78 Å². The number of unbranched alkanes of at least 4 members (excludes halogenated alkanes) is 1. The normalized spacial score (nSPS) is 31.3. The van der Waals surface area contributed by atoms with Crippen LogP contribution in [-0.2, 0) is 14.2 Å². The molecule has 0 N–H and O–H groups in total. The van der Waals surface area contributed by atoms with Crippen molar-refractivity contribution < 1.29 is 23.0 Å². The first-order chi connectivity index (χ1) is 14.1. The Labute approximate surface area is 174 Å². The highest BCUT2D eigenvalue weighted by Gasteiger charge is 2.32. The summed E-state index contributed by atoms with van der Waals surface area (Å²) in [7, 11) is 0. The molecule has 0 aromatic heterocycles. The van der Waals surface area contributed by atoms with Crippen LogP contribution in [0.5, 0.6) is 0 Å². The maximum atomic E-state index is 14.2. The van der Waals surface area contributed by atoms with E-state index in [9.17, 15) is 8.78 Å². The standard InChI is InChI=1S/C24H38F2O3/c1-3-5-6-17-7-9-18(10-8-17)19-12-14-22(28-15-19)29-16-20-11-13-21(27-4-2)24(26)23(20)25/h17-19,22H,3-16H2,1-2H3. The Morgan fingerprint density at radius 2 is 1.69 bits per heavy atom. The number of allylic oxidation sites excluding steroid dienone is 3. The quantitative estimate of drug-likeness (QED) is 0.408. The van der Waals surface area contributed by atoms with Gasteiger partial charge in [0.2, 0.25) is 0 Å². The lowest BCUT2D eigenvalue weighted by atomic mass is 9.73. The first kappa shape index (κ1) is 22.7. The maximum Gasteiger partial charge on any atom is 0.196 e. The molecule has 2 unspecified atom stereocenters. The minimum absolute atomic E-state index is 0.0938. The zero-order valence-electron chi connectivity index (χ0n) is 18.2. The van der Waals surface area contributed by atoms with Crippen LogP contribution in [0.25, 0.3) is 0 Å². The van der Waals surface area contributed by atoms with Crippen molar-refractivity contribution in [3.63, 3.8) is 0 Å². The molecule has 1 saturated heterocycles. The summed E-state index contributed by atoms with van der Waals surface area (Å²) in [5.74, 6) is 0.785. The topological polar surface area (TPSA) is 27.7 Å². The van der Waals surface area contributed by atoms with Gasteiger partial charge in [-0.05, 0) is 62.4 Å². The van der Waals surface area contributed by atoms with Crippen LogP contribution in [0.2, 0.25) is 0 Å². The van der Waals surface area contributed by atoms with Crippen molar-refractivity contribution in [1.82, 2.24) is 0 Å². The van der Waals surface area contributed by atoms with Gasteiger partial charge < -0.3 is 14.2 Å². The minimum Gasteiger partial charge on any atom is -0.495 e. The van der Waals surface area contributed by atoms with E-state index in [0.29, 0.717) is 30.9 Å². The third-order valence-corrected chi connectivity index (χ3v) is 6.96. The Bertz CT molecular complexity index is 571. The first-order valence-electron chi connectivity index (χ1n) is 11.7. The predicted octanol–water partition coefficient (Wildman–Crippen LogP) is 6.99. The molecule has 0 radical (unpaired) electrons. The molecule has 0 aromatic rings. The smallest absolute Gasteiger partial charge is 0.196 e. The molecule has 1 heterocycles. The molecular weight excluding hydrogens is 374 g/mol. The van der Waals surface area contributed by atoms with Crippen LogP contribution >= 0.6 is 0 Å². The molecule has 2 atom stereocenters. The molecule has 3 rings (SSSR count). The molecule has 5 heteroatoms. The van der Waals surface area contributed by atoms with E-state index in [2.05, 4.69) is 6.92 Å². The molecule has 3 aliphatic rings. The largest absolute Gasteiger partial charge is 0.495 e. The molecule has 29 heavy (non-hydrogen) atoms. The highest BCUT2D eigenvalue weighted by molar-refractivity contribution is 5.32. The van der Waals surface area contributed by atoms with Gasteiger partial charge in [-0.3, -0.25) is 0 Å². The van der Waals surface area contributed by atoms with Crippen LogP contribution in [0.15, 0.2) is 23.0 Å². The molecule has 2 aliphatic carbocycles. The van der Waals surface area contributed by atoms with Crippen molar-refractivity contribution in [2.24, 2.45) is 17.8 Å². The number of hydrogen-bond donors (Lipinski definition) is 0. The van der Waals surface area contributed by atoms with E-state index in [1.54, 1.807) is 6.92 Å². The van der Waals surface area contributed by atoms with Gasteiger partial charge in [-0.15, -0.1) is 0 Å². The van der Waals surface area contributed by atoms with Crippen molar-refractivity contribution in [2.45, 2.75) is 90.8 Å². The summed E-state index contributed by atoms with van der Waals surface area (Å²) in [5, 5.41) is 0. The lowest BCUT2D eigenvalue weighted by Gasteiger charge is -2.37. The zero-order valence-corrected chi connectivity index (χ0v) is 18.2. The summed E-state index contributed by atoms with van der Waals surface area (Å²) < 4.78 is 45.2. The molecule has 3 nitrogen and oxygen atoms in total. The Morgan fingerprint density at radius 1 is 0.931 bits per heavy atom. The second-order valence-electron chi connectivity index (χ2n) is 8.92. The van der Waals surface area contributed by atoms with Crippen LogP contribution in [0.4, 0.5) is 8.78 Å². The third-order valence-electron chi connectivity index (χ3n) is 6.96. The van der Waals surface area contributed by atoms with Gasteiger partial charge in [0.15, 0.2) is 17.9 Å². The third kappa shape index (κ3) is 6.27. The molecule has 1 saturated carbocycles. The molecule has 0 spiro atoms. The molecule has 166 valence electrons. The Morgan fingerprint density at radius 3 is 2.34 bits per heavy atom. The average molecular weight is 413 g/mol. The highest BCUT2D eigenvalue weighted by Crippen LogP contribution is 2.39. The van der Waals surface area contributed by atoms with Gasteiger partial charge in [-0.2, -0.15) is 0 Å². The monoisotopic (exact) mass is 412 g/mol. The van der Waals surface area contributed by atoms with E-state index in [1.807, 2.05) is 0 Å². The fourth-order valence-corrected chi connectivity index (χ4v) is 5.09. The van der Waals surface area contributed by atoms with Crippen molar-refractivity contribution >= 4 is 0 Å². The molecule has 2 fully saturated rings. The lowest BCUT2D eigenvalue weighted by molar-refractivity contribution is -0.177. The molecule has 0 amide bonds. The van der Waals surface area contributed by atoms with Gasteiger partial charge in [0, 0.05) is 6.42 Å². The molecule has 0 bridgehead atoms. The Kier molecular flexibility index (Phi) is 8.98. The summed E-state index contributed by atoms with van der Waals surface area (Å²) in [6.45, 7) is 5.22. The van der Waals surface area contributed by atoms with Crippen molar-refractivity contribution in [3.05, 3.63) is 23.0 Å². The Hall–Kier alpha value is -0.940. The van der Waals surface area contributed by atoms with Crippen LogP contribution in [0.1, 0.15) is 84.5 Å². The number of ether oxygens (including phenoxy) is 3. The van der Waals surface area contributed by atoms with Crippen LogP contribution in [0, 0.1) is 17.8 Å². The van der Waals surface area contributed by atoms with Crippen LogP contribution in [-0.4, -0.2) is 26.1 Å². The van der Waals surface area contributed by atoms with E-state index >= 15 is 0 Å². The minimum atomic E-state index is -0.865. The summed E-state index contributed by atoms with van der Waals surface area (Å²) in [6.07, 6.45) is 12.0. The second-order valence-corrected chi connectivity index (χ2v) is 8.92. The highest BCUT2D eigenvalue weighted by atomic mass is 19.2. The first-order valence-corrected chi connectivity index (χ1v) is 11.7. The van der Waals surface area contributed by atoms with Crippen molar-refractivity contribution in [3.8, 4) is 0 Å². The van der Waals surface area contributed by atoms with Crippen molar-refractivity contribution in [2.75, 3.05) is 19.8 Å². The number of rotatable bonds is 9. The van der Waals surface area contributed by atoms with Gasteiger partial charge in [0.25, 0.3) is 0 Å². The number of halogens is 2. The fraction of sp³-hybridized carbons (Fsp3) is 0.833. The molecular formula is C24H38F2O3. The number of hydrogen-bond acceptors (Lipinski definition) is 3. The Balaban J connectivity index is 1.38. The van der Waals surface area contributed by atoms with E-state index < -0.39 is 11.7 Å². The average Bonchev–Trinajstić information content (AvgIpc) is 2.76. The van der Waals surface area contributed by atoms with Crippen LogP contribution < -0.4 is 0 Å². The molecule has 1 aliphatic heterocycles. The zero-order chi connectivity index (χ0) is 20.6. The lowest BCUT2D eigenvalue weighted by Crippen LogP contribution is -2.34. The van der Waals surface area contributed by atoms with Gasteiger partial charge in [0.05, 0.1) is 19.8 Å². The van der Waals surface area contributed by atoms with Gasteiger partial charge in [-0.1, -0.05) is 39.0 Å². The van der Waals surface area contributed by atoms with Crippen molar-refractivity contribution in [1.29, 1.82) is 0 Å². The van der Waals surface area contributed by atoms with Gasteiger partial charge in [0.1, 0.15) is 5.76 Å². The summed E-state index contributed by atoms with van der Waals surface area (Å²) in [4.78, 5) is 0. The summed E-state index contributed by atoms with van der Waals surface area (Å²) in [6, 6.07) is 0. The van der Waals surface area contributed by atoms with Gasteiger partial charge >= 0.3 is 0 Å². The van der Waals surface area contributed by atoms with E-state index in [0.717, 1.165) is 31.3 Å². The maximum absolute atomic E-state index is 14.2. The van der Waals surface area contributed by atoms with Crippen LogP contribution in [0.3, 0.4) is 0 Å².